The molecule has 0 aliphatic heterocycles. The summed E-state index contributed by atoms with van der Waals surface area (Å²) in [5.41, 5.74) is 2.70. The Hall–Kier alpha value is -3.34. The molecule has 0 heterocycles. The van der Waals surface area contributed by atoms with Crippen molar-refractivity contribution in [2.45, 2.75) is 26.4 Å². The van der Waals surface area contributed by atoms with E-state index in [1.807, 2.05) is 24.3 Å². The van der Waals surface area contributed by atoms with Gasteiger partial charge in [-0.25, -0.2) is 4.39 Å². The summed E-state index contributed by atoms with van der Waals surface area (Å²) < 4.78 is 24.8. The Morgan fingerprint density at radius 1 is 1.00 bits per heavy atom. The number of halogens is 1. The van der Waals surface area contributed by atoms with Crippen LogP contribution in [0.25, 0.3) is 0 Å². The summed E-state index contributed by atoms with van der Waals surface area (Å²) in [6.07, 6.45) is 0. The smallest absolute Gasteiger partial charge is 0.255 e. The van der Waals surface area contributed by atoms with Crippen molar-refractivity contribution in [1.82, 2.24) is 0 Å². The van der Waals surface area contributed by atoms with Gasteiger partial charge < -0.3 is 14.8 Å². The summed E-state index contributed by atoms with van der Waals surface area (Å²) in [6.45, 7) is 4.48. The van der Waals surface area contributed by atoms with Crippen LogP contribution in [0.2, 0.25) is 0 Å². The summed E-state index contributed by atoms with van der Waals surface area (Å²) in [6, 6.07) is 18.8. The molecule has 0 unspecified atom stereocenters. The Morgan fingerprint density at radius 2 is 1.79 bits per heavy atom. The van der Waals surface area contributed by atoms with Crippen molar-refractivity contribution in [3.05, 3.63) is 89.2 Å². The molecule has 1 N–H and O–H groups in total. The van der Waals surface area contributed by atoms with Crippen molar-refractivity contribution < 1.29 is 18.7 Å². The van der Waals surface area contributed by atoms with Gasteiger partial charge in [0.25, 0.3) is 5.91 Å². The van der Waals surface area contributed by atoms with Gasteiger partial charge in [-0.1, -0.05) is 38.1 Å². The molecule has 0 spiro atoms. The molecule has 0 aliphatic carbocycles. The molecule has 0 radical (unpaired) electrons. The number of carbonyl (C=O) groups is 1. The molecule has 0 aromatic heterocycles. The normalized spacial score (nSPS) is 10.7. The van der Waals surface area contributed by atoms with Crippen LogP contribution in [0.15, 0.2) is 66.7 Å². The van der Waals surface area contributed by atoms with Crippen LogP contribution >= 0.6 is 0 Å². The summed E-state index contributed by atoms with van der Waals surface area (Å²) in [5.74, 6) is 1.03. The fourth-order valence-electron chi connectivity index (χ4n) is 3.05. The Kier molecular flexibility index (Phi) is 6.50. The van der Waals surface area contributed by atoms with E-state index in [1.165, 1.54) is 12.1 Å². The van der Waals surface area contributed by atoms with Gasteiger partial charge in [0.1, 0.15) is 23.9 Å². The number of hydrogen-bond donors (Lipinski definition) is 1. The van der Waals surface area contributed by atoms with Crippen LogP contribution in [-0.2, 0) is 6.61 Å². The van der Waals surface area contributed by atoms with Gasteiger partial charge in [0.05, 0.1) is 7.11 Å². The SMILES string of the molecule is COc1ccc(C(=O)Nc2cccc(F)c2)cc1COc1ccccc1C(C)C. The van der Waals surface area contributed by atoms with E-state index in [2.05, 4.69) is 19.2 Å². The maximum atomic E-state index is 13.3. The van der Waals surface area contributed by atoms with Gasteiger partial charge in [-0.15, -0.1) is 0 Å². The highest BCUT2D eigenvalue weighted by atomic mass is 19.1. The third-order valence-corrected chi connectivity index (χ3v) is 4.55. The van der Waals surface area contributed by atoms with E-state index in [9.17, 15) is 9.18 Å². The molecule has 0 saturated heterocycles. The van der Waals surface area contributed by atoms with Crippen molar-refractivity contribution in [3.63, 3.8) is 0 Å². The Bertz CT molecular complexity index is 1000. The van der Waals surface area contributed by atoms with Crippen molar-refractivity contribution in [1.29, 1.82) is 0 Å². The second-order valence-electron chi connectivity index (χ2n) is 6.97. The molecule has 0 aliphatic rings. The maximum Gasteiger partial charge on any atom is 0.255 e. The molecule has 150 valence electrons. The monoisotopic (exact) mass is 393 g/mol. The molecule has 5 heteroatoms. The standard InChI is InChI=1S/C24H24FNO3/c1-16(2)21-9-4-5-10-23(21)29-15-18-13-17(11-12-22(18)28-3)24(27)26-20-8-6-7-19(25)14-20/h4-14,16H,15H2,1-3H3,(H,26,27). The minimum absolute atomic E-state index is 0.258. The Labute approximate surface area is 170 Å². The third-order valence-electron chi connectivity index (χ3n) is 4.55. The van der Waals surface area contributed by atoms with Crippen LogP contribution in [-0.4, -0.2) is 13.0 Å². The number of para-hydroxylation sites is 1. The average molecular weight is 393 g/mol. The van der Waals surface area contributed by atoms with Crippen molar-refractivity contribution >= 4 is 11.6 Å². The largest absolute Gasteiger partial charge is 0.496 e. The van der Waals surface area contributed by atoms with Crippen molar-refractivity contribution in [3.8, 4) is 11.5 Å². The second-order valence-corrected chi connectivity index (χ2v) is 6.97. The fourth-order valence-corrected chi connectivity index (χ4v) is 3.05. The molecule has 29 heavy (non-hydrogen) atoms. The molecule has 3 aromatic carbocycles. The maximum absolute atomic E-state index is 13.3. The molecule has 4 nitrogen and oxygen atoms in total. The summed E-state index contributed by atoms with van der Waals surface area (Å²) in [7, 11) is 1.58. The van der Waals surface area contributed by atoms with E-state index in [-0.39, 0.29) is 12.5 Å². The molecular formula is C24H24FNO3. The minimum Gasteiger partial charge on any atom is -0.496 e. The number of amides is 1. The van der Waals surface area contributed by atoms with Crippen LogP contribution in [0.1, 0.15) is 41.3 Å². The number of benzene rings is 3. The van der Waals surface area contributed by atoms with Gasteiger partial charge >= 0.3 is 0 Å². The number of nitrogens with one attached hydrogen (secondary N) is 1. The number of rotatable bonds is 7. The van der Waals surface area contributed by atoms with E-state index < -0.39 is 5.82 Å². The van der Waals surface area contributed by atoms with Gasteiger partial charge in [0, 0.05) is 16.8 Å². The lowest BCUT2D eigenvalue weighted by molar-refractivity contribution is 0.102. The third kappa shape index (κ3) is 5.13. The zero-order valence-electron chi connectivity index (χ0n) is 16.7. The average Bonchev–Trinajstić information content (AvgIpc) is 2.72. The number of methoxy groups -OCH3 is 1. The molecule has 0 fully saturated rings. The first-order valence-electron chi connectivity index (χ1n) is 9.43. The van der Waals surface area contributed by atoms with E-state index in [4.69, 9.17) is 9.47 Å². The molecule has 0 saturated carbocycles. The van der Waals surface area contributed by atoms with Crippen LogP contribution < -0.4 is 14.8 Å². The number of anilines is 1. The number of hydrogen-bond acceptors (Lipinski definition) is 3. The number of ether oxygens (including phenoxy) is 2. The summed E-state index contributed by atoms with van der Waals surface area (Å²) in [5, 5.41) is 2.70. The zero-order chi connectivity index (χ0) is 20.8. The van der Waals surface area contributed by atoms with Gasteiger partial charge in [-0.2, -0.15) is 0 Å². The predicted molar refractivity (Wildman–Crippen MR) is 112 cm³/mol. The van der Waals surface area contributed by atoms with Crippen molar-refractivity contribution in [2.24, 2.45) is 0 Å². The highest BCUT2D eigenvalue weighted by molar-refractivity contribution is 6.04. The first-order chi connectivity index (χ1) is 14.0. The van der Waals surface area contributed by atoms with Gasteiger partial charge in [-0.3, -0.25) is 4.79 Å². The van der Waals surface area contributed by atoms with Crippen LogP contribution in [0.5, 0.6) is 11.5 Å². The first kappa shape index (κ1) is 20.4. The zero-order valence-corrected chi connectivity index (χ0v) is 16.7. The summed E-state index contributed by atoms with van der Waals surface area (Å²) in [4.78, 5) is 12.6. The minimum atomic E-state index is -0.407. The fraction of sp³-hybridized carbons (Fsp3) is 0.208. The quantitative estimate of drug-likeness (QED) is 0.553. The Balaban J connectivity index is 1.79. The number of carbonyl (C=O) groups excluding carboxylic acids is 1. The van der Waals surface area contributed by atoms with E-state index in [0.717, 1.165) is 16.9 Å². The lowest BCUT2D eigenvalue weighted by atomic mass is 10.0. The molecule has 3 aromatic rings. The molecule has 0 atom stereocenters. The predicted octanol–water partition coefficient (Wildman–Crippen LogP) is 5.79. The van der Waals surface area contributed by atoms with Crippen LogP contribution in [0, 0.1) is 5.82 Å². The lowest BCUT2D eigenvalue weighted by Crippen LogP contribution is -2.13. The summed E-state index contributed by atoms with van der Waals surface area (Å²) >= 11 is 0. The Morgan fingerprint density at radius 3 is 2.52 bits per heavy atom. The van der Waals surface area contributed by atoms with Crippen molar-refractivity contribution in [2.75, 3.05) is 12.4 Å². The first-order valence-corrected chi connectivity index (χ1v) is 9.43. The molecule has 3 rings (SSSR count). The highest BCUT2D eigenvalue weighted by Crippen LogP contribution is 2.28. The second kappa shape index (κ2) is 9.24. The van der Waals surface area contributed by atoms with Crippen LogP contribution in [0.3, 0.4) is 0 Å². The topological polar surface area (TPSA) is 47.6 Å². The highest BCUT2D eigenvalue weighted by Gasteiger charge is 2.13. The molecular weight excluding hydrogens is 369 g/mol. The molecule has 1 amide bonds. The van der Waals surface area contributed by atoms with E-state index in [1.54, 1.807) is 37.4 Å². The van der Waals surface area contributed by atoms with Gasteiger partial charge in [0.15, 0.2) is 0 Å². The van der Waals surface area contributed by atoms with E-state index in [0.29, 0.717) is 22.9 Å². The van der Waals surface area contributed by atoms with Gasteiger partial charge in [0.2, 0.25) is 0 Å². The van der Waals surface area contributed by atoms with Gasteiger partial charge in [-0.05, 0) is 53.9 Å². The molecule has 0 bridgehead atoms. The van der Waals surface area contributed by atoms with E-state index >= 15 is 0 Å². The lowest BCUT2D eigenvalue weighted by Gasteiger charge is -2.16. The van der Waals surface area contributed by atoms with Crippen LogP contribution in [0.4, 0.5) is 10.1 Å².